The van der Waals surface area contributed by atoms with Gasteiger partial charge in [0.25, 0.3) is 0 Å². The van der Waals surface area contributed by atoms with Crippen molar-refractivity contribution in [3.8, 4) is 5.75 Å². The first-order valence-corrected chi connectivity index (χ1v) is 4.62. The largest absolute Gasteiger partial charge is 0.497 e. The van der Waals surface area contributed by atoms with Gasteiger partial charge >= 0.3 is 5.97 Å². The molecule has 0 aromatic heterocycles. The fourth-order valence-corrected chi connectivity index (χ4v) is 1.23. The first kappa shape index (κ1) is 12.0. The van der Waals surface area contributed by atoms with Crippen LogP contribution in [0.4, 0.5) is 5.69 Å². The third-order valence-electron chi connectivity index (χ3n) is 1.94. The molecule has 0 aliphatic heterocycles. The van der Waals surface area contributed by atoms with Gasteiger partial charge in [-0.15, -0.1) is 0 Å². The number of hydrogen-bond acceptors (Lipinski definition) is 4. The van der Waals surface area contributed by atoms with E-state index < -0.39 is 5.97 Å². The van der Waals surface area contributed by atoms with Crippen LogP contribution in [0.3, 0.4) is 0 Å². The molecule has 0 heterocycles. The maximum absolute atomic E-state index is 11.4. The SMILES string of the molecule is COC(=O)c1ccc(OC)cc1NC(C)=O. The van der Waals surface area contributed by atoms with E-state index >= 15 is 0 Å². The van der Waals surface area contributed by atoms with Crippen LogP contribution in [0.5, 0.6) is 5.75 Å². The van der Waals surface area contributed by atoms with Gasteiger partial charge in [-0.1, -0.05) is 0 Å². The van der Waals surface area contributed by atoms with E-state index in [4.69, 9.17) is 4.74 Å². The normalized spacial score (nSPS) is 9.44. The lowest BCUT2D eigenvalue weighted by Gasteiger charge is -2.09. The van der Waals surface area contributed by atoms with Gasteiger partial charge in [-0.3, -0.25) is 4.79 Å². The van der Waals surface area contributed by atoms with Gasteiger partial charge in [0, 0.05) is 13.0 Å². The second-order valence-corrected chi connectivity index (χ2v) is 3.08. The molecule has 0 radical (unpaired) electrons. The quantitative estimate of drug-likeness (QED) is 0.787. The van der Waals surface area contributed by atoms with E-state index in [1.165, 1.54) is 27.2 Å². The molecule has 0 aliphatic carbocycles. The van der Waals surface area contributed by atoms with Crippen LogP contribution >= 0.6 is 0 Å². The van der Waals surface area contributed by atoms with Crippen molar-refractivity contribution in [1.82, 2.24) is 0 Å². The molecule has 0 unspecified atom stereocenters. The first-order valence-electron chi connectivity index (χ1n) is 4.62. The van der Waals surface area contributed by atoms with Gasteiger partial charge in [0.15, 0.2) is 0 Å². The van der Waals surface area contributed by atoms with E-state index in [-0.39, 0.29) is 5.91 Å². The zero-order chi connectivity index (χ0) is 12.1. The highest BCUT2D eigenvalue weighted by Crippen LogP contribution is 2.23. The summed E-state index contributed by atoms with van der Waals surface area (Å²) in [6.45, 7) is 1.36. The van der Waals surface area contributed by atoms with Crippen molar-refractivity contribution in [3.05, 3.63) is 23.8 Å². The Balaban J connectivity index is 3.15. The molecule has 1 amide bonds. The highest BCUT2D eigenvalue weighted by atomic mass is 16.5. The summed E-state index contributed by atoms with van der Waals surface area (Å²) in [5, 5.41) is 2.54. The summed E-state index contributed by atoms with van der Waals surface area (Å²) >= 11 is 0. The van der Waals surface area contributed by atoms with E-state index in [2.05, 4.69) is 10.1 Å². The standard InChI is InChI=1S/C11H13NO4/c1-7(13)12-10-6-8(15-2)4-5-9(10)11(14)16-3/h4-6H,1-3H3,(H,12,13). The van der Waals surface area contributed by atoms with Gasteiger partial charge in [-0.05, 0) is 12.1 Å². The third kappa shape index (κ3) is 2.73. The minimum absolute atomic E-state index is 0.265. The highest BCUT2D eigenvalue weighted by molar-refractivity contribution is 6.01. The van der Waals surface area contributed by atoms with Gasteiger partial charge < -0.3 is 14.8 Å². The van der Waals surface area contributed by atoms with Crippen molar-refractivity contribution in [2.45, 2.75) is 6.92 Å². The fourth-order valence-electron chi connectivity index (χ4n) is 1.23. The van der Waals surface area contributed by atoms with E-state index in [1.807, 2.05) is 0 Å². The molecule has 16 heavy (non-hydrogen) atoms. The average Bonchev–Trinajstić information content (AvgIpc) is 2.27. The van der Waals surface area contributed by atoms with E-state index in [0.29, 0.717) is 17.0 Å². The van der Waals surface area contributed by atoms with Crippen molar-refractivity contribution in [2.75, 3.05) is 19.5 Å². The van der Waals surface area contributed by atoms with Gasteiger partial charge in [-0.2, -0.15) is 0 Å². The number of anilines is 1. The molecule has 0 bridgehead atoms. The Morgan fingerprint density at radius 1 is 1.25 bits per heavy atom. The van der Waals surface area contributed by atoms with Crippen LogP contribution in [0.1, 0.15) is 17.3 Å². The van der Waals surface area contributed by atoms with Crippen LogP contribution < -0.4 is 10.1 Å². The predicted octanol–water partition coefficient (Wildman–Crippen LogP) is 1.44. The average molecular weight is 223 g/mol. The number of carbonyl (C=O) groups is 2. The number of ether oxygens (including phenoxy) is 2. The molecule has 5 nitrogen and oxygen atoms in total. The minimum atomic E-state index is -0.508. The number of benzene rings is 1. The zero-order valence-corrected chi connectivity index (χ0v) is 9.37. The summed E-state index contributed by atoms with van der Waals surface area (Å²) in [7, 11) is 2.79. The Labute approximate surface area is 93.4 Å². The summed E-state index contributed by atoms with van der Waals surface area (Å²) in [4.78, 5) is 22.4. The molecule has 1 aromatic carbocycles. The zero-order valence-electron chi connectivity index (χ0n) is 9.37. The van der Waals surface area contributed by atoms with E-state index in [0.717, 1.165) is 0 Å². The number of nitrogens with one attached hydrogen (secondary N) is 1. The first-order chi connectivity index (χ1) is 7.58. The fraction of sp³-hybridized carbons (Fsp3) is 0.273. The lowest BCUT2D eigenvalue weighted by molar-refractivity contribution is -0.114. The van der Waals surface area contributed by atoms with Crippen LogP contribution in [0, 0.1) is 0 Å². The maximum atomic E-state index is 11.4. The van der Waals surface area contributed by atoms with Crippen LogP contribution in [-0.4, -0.2) is 26.1 Å². The summed E-state index contributed by atoms with van der Waals surface area (Å²) in [6.07, 6.45) is 0. The number of methoxy groups -OCH3 is 2. The Morgan fingerprint density at radius 2 is 1.94 bits per heavy atom. The minimum Gasteiger partial charge on any atom is -0.497 e. The molecule has 1 aromatic rings. The summed E-state index contributed by atoms with van der Waals surface area (Å²) in [5.41, 5.74) is 0.664. The van der Waals surface area contributed by atoms with Crippen LogP contribution in [0.25, 0.3) is 0 Å². The lowest BCUT2D eigenvalue weighted by Crippen LogP contribution is -2.12. The highest BCUT2D eigenvalue weighted by Gasteiger charge is 2.13. The monoisotopic (exact) mass is 223 g/mol. The molecule has 0 saturated heterocycles. The molecule has 0 saturated carbocycles. The molecule has 1 rings (SSSR count). The smallest absolute Gasteiger partial charge is 0.339 e. The van der Waals surface area contributed by atoms with Crippen molar-refractivity contribution in [1.29, 1.82) is 0 Å². The summed E-state index contributed by atoms with van der Waals surface area (Å²) in [5.74, 6) is -0.221. The molecule has 86 valence electrons. The molecule has 5 heteroatoms. The Hall–Kier alpha value is -2.04. The van der Waals surface area contributed by atoms with Crippen molar-refractivity contribution < 1.29 is 19.1 Å². The van der Waals surface area contributed by atoms with Crippen molar-refractivity contribution in [2.24, 2.45) is 0 Å². The summed E-state index contributed by atoms with van der Waals surface area (Å²) < 4.78 is 9.60. The van der Waals surface area contributed by atoms with Gasteiger partial charge in [0.05, 0.1) is 25.5 Å². The molecular formula is C11H13NO4. The second kappa shape index (κ2) is 5.16. The number of amides is 1. The number of esters is 1. The topological polar surface area (TPSA) is 64.6 Å². The summed E-state index contributed by atoms with van der Waals surface area (Å²) in [6, 6.07) is 4.72. The molecular weight excluding hydrogens is 210 g/mol. The third-order valence-corrected chi connectivity index (χ3v) is 1.94. The predicted molar refractivity (Wildman–Crippen MR) is 58.6 cm³/mol. The molecule has 0 spiro atoms. The van der Waals surface area contributed by atoms with E-state index in [9.17, 15) is 9.59 Å². The number of hydrogen-bond donors (Lipinski definition) is 1. The molecule has 0 aliphatic rings. The van der Waals surface area contributed by atoms with Crippen LogP contribution in [0.2, 0.25) is 0 Å². The number of carbonyl (C=O) groups excluding carboxylic acids is 2. The van der Waals surface area contributed by atoms with Crippen molar-refractivity contribution >= 4 is 17.6 Å². The van der Waals surface area contributed by atoms with Crippen molar-refractivity contribution in [3.63, 3.8) is 0 Å². The Kier molecular flexibility index (Phi) is 3.88. The lowest BCUT2D eigenvalue weighted by atomic mass is 10.1. The van der Waals surface area contributed by atoms with Gasteiger partial charge in [0.1, 0.15) is 5.75 Å². The molecule has 1 N–H and O–H groups in total. The molecule has 0 fully saturated rings. The Bertz CT molecular complexity index is 414. The van der Waals surface area contributed by atoms with Crippen LogP contribution in [-0.2, 0) is 9.53 Å². The second-order valence-electron chi connectivity index (χ2n) is 3.08. The van der Waals surface area contributed by atoms with Crippen LogP contribution in [0.15, 0.2) is 18.2 Å². The van der Waals surface area contributed by atoms with Gasteiger partial charge in [-0.25, -0.2) is 4.79 Å². The number of rotatable bonds is 3. The Morgan fingerprint density at radius 3 is 2.44 bits per heavy atom. The molecule has 0 atom stereocenters. The van der Waals surface area contributed by atoms with Gasteiger partial charge in [0.2, 0.25) is 5.91 Å². The maximum Gasteiger partial charge on any atom is 0.339 e. The van der Waals surface area contributed by atoms with E-state index in [1.54, 1.807) is 12.1 Å².